The summed E-state index contributed by atoms with van der Waals surface area (Å²) < 4.78 is 0. The highest BCUT2D eigenvalue weighted by atomic mass is 16.3. The maximum Gasteiger partial charge on any atom is 0.196 e. The van der Waals surface area contributed by atoms with Crippen LogP contribution in [0.15, 0.2) is 60.7 Å². The van der Waals surface area contributed by atoms with Crippen LogP contribution in [0.5, 0.6) is 11.5 Å². The van der Waals surface area contributed by atoms with Crippen molar-refractivity contribution >= 4 is 11.6 Å². The summed E-state index contributed by atoms with van der Waals surface area (Å²) in [5.41, 5.74) is 1.78. The number of phenolic OH excluding ortho intramolecular Hbond substituents is 2. The second-order valence-electron chi connectivity index (χ2n) is 6.19. The summed E-state index contributed by atoms with van der Waals surface area (Å²) in [6.45, 7) is 3.34. The van der Waals surface area contributed by atoms with Crippen molar-refractivity contribution in [2.24, 2.45) is 0 Å². The molecule has 0 heterocycles. The van der Waals surface area contributed by atoms with Crippen LogP contribution in [0.1, 0.15) is 43.0 Å². The average Bonchev–Trinajstić information content (AvgIpc) is 2.66. The Morgan fingerprint density at radius 3 is 1.81 bits per heavy atom. The van der Waals surface area contributed by atoms with E-state index in [1.54, 1.807) is 48.5 Å². The molecular formula is C22H18O4. The molecule has 0 saturated heterocycles. The van der Waals surface area contributed by atoms with Crippen LogP contribution in [-0.4, -0.2) is 21.8 Å². The Bertz CT molecular complexity index is 1000. The Morgan fingerprint density at radius 2 is 1.23 bits per heavy atom. The van der Waals surface area contributed by atoms with Crippen molar-refractivity contribution in [1.82, 2.24) is 0 Å². The van der Waals surface area contributed by atoms with Crippen molar-refractivity contribution in [2.45, 2.75) is 13.8 Å². The number of benzene rings is 3. The molecular weight excluding hydrogens is 328 g/mol. The van der Waals surface area contributed by atoms with Gasteiger partial charge in [-0.25, -0.2) is 0 Å². The van der Waals surface area contributed by atoms with Gasteiger partial charge in [0.15, 0.2) is 11.6 Å². The van der Waals surface area contributed by atoms with Gasteiger partial charge in [0, 0.05) is 16.7 Å². The van der Waals surface area contributed by atoms with Gasteiger partial charge in [-0.3, -0.25) is 9.59 Å². The van der Waals surface area contributed by atoms with Gasteiger partial charge in [-0.2, -0.15) is 0 Å². The van der Waals surface area contributed by atoms with Crippen molar-refractivity contribution < 1.29 is 19.8 Å². The first kappa shape index (κ1) is 17.4. The summed E-state index contributed by atoms with van der Waals surface area (Å²) in [6.07, 6.45) is 0. The minimum absolute atomic E-state index is 0.00909. The summed E-state index contributed by atoms with van der Waals surface area (Å²) in [7, 11) is 0. The molecule has 3 aromatic rings. The van der Waals surface area contributed by atoms with Crippen LogP contribution in [0.25, 0.3) is 0 Å². The zero-order chi connectivity index (χ0) is 18.8. The number of ketones is 2. The third-order valence-corrected chi connectivity index (χ3v) is 4.31. The number of aromatic hydroxyl groups is 2. The monoisotopic (exact) mass is 346 g/mol. The van der Waals surface area contributed by atoms with E-state index >= 15 is 0 Å². The minimum atomic E-state index is -0.413. The molecule has 0 fully saturated rings. The van der Waals surface area contributed by atoms with Crippen molar-refractivity contribution in [3.8, 4) is 11.5 Å². The maximum atomic E-state index is 12.8. The number of carbonyl (C=O) groups excluding carboxylic acids is 2. The van der Waals surface area contributed by atoms with Crippen molar-refractivity contribution in [3.63, 3.8) is 0 Å². The first-order valence-electron chi connectivity index (χ1n) is 8.16. The molecule has 0 aliphatic rings. The molecule has 26 heavy (non-hydrogen) atoms. The summed E-state index contributed by atoms with van der Waals surface area (Å²) in [4.78, 5) is 25.6. The molecule has 4 nitrogen and oxygen atoms in total. The Kier molecular flexibility index (Phi) is 4.59. The number of phenols is 2. The molecule has 0 saturated carbocycles. The van der Waals surface area contributed by atoms with E-state index in [2.05, 4.69) is 0 Å². The zero-order valence-electron chi connectivity index (χ0n) is 14.5. The van der Waals surface area contributed by atoms with Crippen molar-refractivity contribution in [1.29, 1.82) is 0 Å². The van der Waals surface area contributed by atoms with E-state index in [0.29, 0.717) is 11.1 Å². The van der Waals surface area contributed by atoms with Gasteiger partial charge in [-0.05, 0) is 26.0 Å². The summed E-state index contributed by atoms with van der Waals surface area (Å²) >= 11 is 0. The average molecular weight is 346 g/mol. The number of hydrogen-bond acceptors (Lipinski definition) is 4. The van der Waals surface area contributed by atoms with Crippen molar-refractivity contribution in [2.75, 3.05) is 0 Å². The molecule has 3 aromatic carbocycles. The van der Waals surface area contributed by atoms with Gasteiger partial charge in [-0.1, -0.05) is 54.1 Å². The molecule has 130 valence electrons. The highest BCUT2D eigenvalue weighted by Crippen LogP contribution is 2.35. The quantitative estimate of drug-likeness (QED) is 0.695. The molecule has 0 unspecified atom stereocenters. The fraction of sp³-hybridized carbons (Fsp3) is 0.0909. The Balaban J connectivity index is 2.14. The van der Waals surface area contributed by atoms with E-state index in [4.69, 9.17) is 0 Å². The van der Waals surface area contributed by atoms with E-state index in [0.717, 1.165) is 5.56 Å². The Morgan fingerprint density at radius 1 is 0.692 bits per heavy atom. The maximum absolute atomic E-state index is 12.8. The van der Waals surface area contributed by atoms with Gasteiger partial charge in [-0.15, -0.1) is 0 Å². The SMILES string of the molecule is Cc1cccc(C(=O)c2cc(C(=O)c3ccccc3)c(O)c(C)c2O)c1. The number of hydrogen-bond donors (Lipinski definition) is 2. The number of carbonyl (C=O) groups is 2. The highest BCUT2D eigenvalue weighted by Gasteiger charge is 2.24. The fourth-order valence-electron chi connectivity index (χ4n) is 2.83. The van der Waals surface area contributed by atoms with Crippen molar-refractivity contribution in [3.05, 3.63) is 94.0 Å². The van der Waals surface area contributed by atoms with E-state index < -0.39 is 11.6 Å². The van der Waals surface area contributed by atoms with Gasteiger partial charge < -0.3 is 10.2 Å². The van der Waals surface area contributed by atoms with Crippen LogP contribution in [-0.2, 0) is 0 Å². The molecule has 4 heteroatoms. The van der Waals surface area contributed by atoms with E-state index in [1.807, 2.05) is 13.0 Å². The molecule has 3 rings (SSSR count). The molecule has 0 spiro atoms. The highest BCUT2D eigenvalue weighted by molar-refractivity contribution is 6.16. The summed E-state index contributed by atoms with van der Waals surface area (Å²) in [6, 6.07) is 16.7. The number of aryl methyl sites for hydroxylation is 1. The molecule has 0 bridgehead atoms. The lowest BCUT2D eigenvalue weighted by atomic mass is 9.93. The Hall–Kier alpha value is -3.40. The molecule has 0 aliphatic heterocycles. The third-order valence-electron chi connectivity index (χ3n) is 4.31. The first-order valence-corrected chi connectivity index (χ1v) is 8.16. The van der Waals surface area contributed by atoms with Crippen LogP contribution < -0.4 is 0 Å². The van der Waals surface area contributed by atoms with E-state index in [-0.39, 0.29) is 28.2 Å². The Labute approximate surface area is 151 Å². The van der Waals surface area contributed by atoms with Crippen LogP contribution in [0.4, 0.5) is 0 Å². The molecule has 2 N–H and O–H groups in total. The second-order valence-corrected chi connectivity index (χ2v) is 6.19. The topological polar surface area (TPSA) is 74.6 Å². The lowest BCUT2D eigenvalue weighted by Crippen LogP contribution is -2.08. The van der Waals surface area contributed by atoms with Crippen LogP contribution in [0, 0.1) is 13.8 Å². The first-order chi connectivity index (χ1) is 12.4. The lowest BCUT2D eigenvalue weighted by Gasteiger charge is -2.13. The summed E-state index contributed by atoms with van der Waals surface area (Å²) in [5, 5.41) is 20.7. The minimum Gasteiger partial charge on any atom is -0.507 e. The van der Waals surface area contributed by atoms with Gasteiger partial charge in [0.05, 0.1) is 11.1 Å². The molecule has 0 radical (unpaired) electrons. The lowest BCUT2D eigenvalue weighted by molar-refractivity contribution is 0.103. The van der Waals surface area contributed by atoms with Crippen LogP contribution in [0.2, 0.25) is 0 Å². The van der Waals surface area contributed by atoms with Gasteiger partial charge in [0.1, 0.15) is 11.5 Å². The van der Waals surface area contributed by atoms with Crippen LogP contribution >= 0.6 is 0 Å². The smallest absolute Gasteiger partial charge is 0.196 e. The number of rotatable bonds is 4. The van der Waals surface area contributed by atoms with Gasteiger partial charge in [0.25, 0.3) is 0 Å². The van der Waals surface area contributed by atoms with Crippen LogP contribution in [0.3, 0.4) is 0 Å². The molecule has 0 amide bonds. The molecule has 0 aromatic heterocycles. The predicted octanol–water partition coefficient (Wildman–Crippen LogP) is 4.18. The molecule has 0 aliphatic carbocycles. The van der Waals surface area contributed by atoms with E-state index in [1.165, 1.54) is 13.0 Å². The third kappa shape index (κ3) is 3.09. The van der Waals surface area contributed by atoms with Gasteiger partial charge in [0.2, 0.25) is 0 Å². The second kappa shape index (κ2) is 6.84. The standard InChI is InChI=1S/C22H18O4/c1-13-7-6-10-16(11-13)22(26)18-12-17(19(23)14(2)20(18)24)21(25)15-8-4-3-5-9-15/h3-12,23-24H,1-2H3. The zero-order valence-corrected chi connectivity index (χ0v) is 14.5. The van der Waals surface area contributed by atoms with E-state index in [9.17, 15) is 19.8 Å². The summed E-state index contributed by atoms with van der Waals surface area (Å²) in [5.74, 6) is -1.46. The largest absolute Gasteiger partial charge is 0.507 e. The predicted molar refractivity (Wildman–Crippen MR) is 99.0 cm³/mol. The fourth-order valence-corrected chi connectivity index (χ4v) is 2.83. The van der Waals surface area contributed by atoms with Gasteiger partial charge >= 0.3 is 0 Å². The molecule has 0 atom stereocenters. The normalized spacial score (nSPS) is 10.5.